The number of nitro groups is 1. The minimum absolute atomic E-state index is 0.129. The Morgan fingerprint density at radius 3 is 2.33 bits per heavy atom. The van der Waals surface area contributed by atoms with Gasteiger partial charge in [-0.1, -0.05) is 67.8 Å². The molecule has 0 bridgehead atoms. The standard InChI is InChI=1S/C16H25BrN2O2/c1-2-3-4-5-6-7-8-9-12-18-15-11-10-14(17)13-16(15)19(20)21/h10-11,13,18H,2-9,12H2,1H3. The highest BCUT2D eigenvalue weighted by Gasteiger charge is 2.13. The van der Waals surface area contributed by atoms with Crippen LogP contribution >= 0.6 is 15.9 Å². The Labute approximate surface area is 135 Å². The van der Waals surface area contributed by atoms with Crippen LogP contribution in [0.5, 0.6) is 0 Å². The molecule has 0 saturated heterocycles. The van der Waals surface area contributed by atoms with Crippen LogP contribution in [0.25, 0.3) is 0 Å². The summed E-state index contributed by atoms with van der Waals surface area (Å²) >= 11 is 3.26. The Hall–Kier alpha value is -1.10. The maximum Gasteiger partial charge on any atom is 0.293 e. The number of rotatable bonds is 11. The molecular formula is C16H25BrN2O2. The first-order valence-electron chi connectivity index (χ1n) is 7.83. The third kappa shape index (κ3) is 7.46. The SMILES string of the molecule is CCCCCCCCCCNc1ccc(Br)cc1[N+](=O)[O-]. The van der Waals surface area contributed by atoms with Gasteiger partial charge in [-0.2, -0.15) is 0 Å². The predicted octanol–water partition coefficient (Wildman–Crippen LogP) is 5.91. The number of halogens is 1. The van der Waals surface area contributed by atoms with Crippen molar-refractivity contribution in [1.82, 2.24) is 0 Å². The zero-order valence-electron chi connectivity index (χ0n) is 12.7. The van der Waals surface area contributed by atoms with Gasteiger partial charge in [-0.15, -0.1) is 0 Å². The average molecular weight is 357 g/mol. The van der Waals surface area contributed by atoms with E-state index < -0.39 is 0 Å². The molecule has 118 valence electrons. The van der Waals surface area contributed by atoms with Crippen molar-refractivity contribution in [2.75, 3.05) is 11.9 Å². The average Bonchev–Trinajstić information content (AvgIpc) is 2.46. The van der Waals surface area contributed by atoms with Crippen molar-refractivity contribution < 1.29 is 4.92 Å². The van der Waals surface area contributed by atoms with Crippen molar-refractivity contribution in [3.8, 4) is 0 Å². The van der Waals surface area contributed by atoms with Gasteiger partial charge in [0.25, 0.3) is 5.69 Å². The lowest BCUT2D eigenvalue weighted by atomic mass is 10.1. The Bertz CT molecular complexity index is 438. The van der Waals surface area contributed by atoms with Gasteiger partial charge in [0.1, 0.15) is 5.69 Å². The summed E-state index contributed by atoms with van der Waals surface area (Å²) < 4.78 is 0.729. The van der Waals surface area contributed by atoms with Crippen molar-refractivity contribution in [1.29, 1.82) is 0 Å². The summed E-state index contributed by atoms with van der Waals surface area (Å²) in [5.41, 5.74) is 0.732. The third-order valence-corrected chi connectivity index (χ3v) is 4.00. The topological polar surface area (TPSA) is 55.2 Å². The number of unbranched alkanes of at least 4 members (excludes halogenated alkanes) is 7. The second kappa shape index (κ2) is 10.6. The van der Waals surface area contributed by atoms with E-state index in [0.717, 1.165) is 17.4 Å². The predicted molar refractivity (Wildman–Crippen MR) is 91.9 cm³/mol. The summed E-state index contributed by atoms with van der Waals surface area (Å²) in [6, 6.07) is 5.12. The Balaban J connectivity index is 2.20. The summed E-state index contributed by atoms with van der Waals surface area (Å²) in [6.07, 6.45) is 10.1. The van der Waals surface area contributed by atoms with E-state index in [-0.39, 0.29) is 10.6 Å². The zero-order valence-corrected chi connectivity index (χ0v) is 14.3. The lowest BCUT2D eigenvalue weighted by Gasteiger charge is -2.07. The minimum Gasteiger partial charge on any atom is -0.379 e. The van der Waals surface area contributed by atoms with Gasteiger partial charge in [-0.3, -0.25) is 10.1 Å². The highest BCUT2D eigenvalue weighted by molar-refractivity contribution is 9.10. The van der Waals surface area contributed by atoms with Crippen molar-refractivity contribution in [2.24, 2.45) is 0 Å². The molecule has 0 aliphatic carbocycles. The monoisotopic (exact) mass is 356 g/mol. The quantitative estimate of drug-likeness (QED) is 0.304. The van der Waals surface area contributed by atoms with Crippen LogP contribution in [-0.2, 0) is 0 Å². The number of nitro benzene ring substituents is 1. The van der Waals surface area contributed by atoms with Gasteiger partial charge in [-0.25, -0.2) is 0 Å². The summed E-state index contributed by atoms with van der Waals surface area (Å²) in [7, 11) is 0. The van der Waals surface area contributed by atoms with Crippen LogP contribution in [0.4, 0.5) is 11.4 Å². The molecule has 0 aromatic heterocycles. The fourth-order valence-electron chi connectivity index (χ4n) is 2.29. The van der Waals surface area contributed by atoms with Crippen molar-refractivity contribution >= 4 is 27.3 Å². The van der Waals surface area contributed by atoms with Gasteiger partial charge in [-0.05, 0) is 18.6 Å². The second-order valence-corrected chi connectivity index (χ2v) is 6.24. The van der Waals surface area contributed by atoms with Crippen LogP contribution in [0, 0.1) is 10.1 Å². The van der Waals surface area contributed by atoms with E-state index in [1.54, 1.807) is 6.07 Å². The van der Waals surface area contributed by atoms with Crippen molar-refractivity contribution in [3.05, 3.63) is 32.8 Å². The zero-order chi connectivity index (χ0) is 15.5. The van der Waals surface area contributed by atoms with E-state index in [0.29, 0.717) is 5.69 Å². The number of benzene rings is 1. The first-order chi connectivity index (χ1) is 10.1. The molecule has 1 rings (SSSR count). The fourth-order valence-corrected chi connectivity index (χ4v) is 2.64. The Morgan fingerprint density at radius 2 is 1.71 bits per heavy atom. The summed E-state index contributed by atoms with van der Waals surface area (Å²) in [5, 5.41) is 14.1. The molecule has 0 saturated carbocycles. The summed E-state index contributed by atoms with van der Waals surface area (Å²) in [5.74, 6) is 0. The second-order valence-electron chi connectivity index (χ2n) is 5.32. The molecule has 5 heteroatoms. The molecule has 1 aromatic carbocycles. The van der Waals surface area contributed by atoms with E-state index in [2.05, 4.69) is 28.2 Å². The molecule has 4 nitrogen and oxygen atoms in total. The minimum atomic E-state index is -0.346. The molecule has 0 radical (unpaired) electrons. The van der Waals surface area contributed by atoms with Crippen LogP contribution in [-0.4, -0.2) is 11.5 Å². The van der Waals surface area contributed by atoms with Crippen molar-refractivity contribution in [2.45, 2.75) is 58.3 Å². The van der Waals surface area contributed by atoms with Gasteiger partial charge in [0.15, 0.2) is 0 Å². The van der Waals surface area contributed by atoms with Gasteiger partial charge in [0.2, 0.25) is 0 Å². The number of nitrogens with one attached hydrogen (secondary N) is 1. The Morgan fingerprint density at radius 1 is 1.10 bits per heavy atom. The third-order valence-electron chi connectivity index (χ3n) is 3.50. The molecular weight excluding hydrogens is 332 g/mol. The largest absolute Gasteiger partial charge is 0.379 e. The molecule has 0 spiro atoms. The maximum atomic E-state index is 11.0. The molecule has 1 N–H and O–H groups in total. The van der Waals surface area contributed by atoms with Gasteiger partial charge in [0.05, 0.1) is 4.92 Å². The normalized spacial score (nSPS) is 10.6. The number of hydrogen-bond acceptors (Lipinski definition) is 3. The molecule has 0 aliphatic rings. The number of anilines is 1. The molecule has 21 heavy (non-hydrogen) atoms. The van der Waals surface area contributed by atoms with Crippen LogP contribution in [0.15, 0.2) is 22.7 Å². The molecule has 0 aliphatic heterocycles. The summed E-state index contributed by atoms with van der Waals surface area (Å²) in [4.78, 5) is 10.6. The van der Waals surface area contributed by atoms with Crippen molar-refractivity contribution in [3.63, 3.8) is 0 Å². The van der Waals surface area contributed by atoms with E-state index in [4.69, 9.17) is 0 Å². The Kier molecular flexibility index (Phi) is 9.06. The van der Waals surface area contributed by atoms with Crippen LogP contribution < -0.4 is 5.32 Å². The van der Waals surface area contributed by atoms with Gasteiger partial charge >= 0.3 is 0 Å². The van der Waals surface area contributed by atoms with E-state index in [9.17, 15) is 10.1 Å². The smallest absolute Gasteiger partial charge is 0.293 e. The van der Waals surface area contributed by atoms with Crippen LogP contribution in [0.2, 0.25) is 0 Å². The molecule has 0 unspecified atom stereocenters. The maximum absolute atomic E-state index is 11.0. The van der Waals surface area contributed by atoms with E-state index in [1.807, 2.05) is 6.07 Å². The first-order valence-corrected chi connectivity index (χ1v) is 8.62. The van der Waals surface area contributed by atoms with E-state index in [1.165, 1.54) is 51.0 Å². The first kappa shape index (κ1) is 18.0. The van der Waals surface area contributed by atoms with Crippen LogP contribution in [0.3, 0.4) is 0 Å². The number of hydrogen-bond donors (Lipinski definition) is 1. The molecule has 0 amide bonds. The molecule has 0 heterocycles. The fraction of sp³-hybridized carbons (Fsp3) is 0.625. The van der Waals surface area contributed by atoms with Crippen LogP contribution in [0.1, 0.15) is 58.3 Å². The molecule has 0 atom stereocenters. The number of nitrogens with zero attached hydrogens (tertiary/aromatic N) is 1. The molecule has 0 fully saturated rings. The lowest BCUT2D eigenvalue weighted by Crippen LogP contribution is -2.04. The van der Waals surface area contributed by atoms with Gasteiger partial charge < -0.3 is 5.32 Å². The lowest BCUT2D eigenvalue weighted by molar-refractivity contribution is -0.384. The molecule has 1 aromatic rings. The summed E-state index contributed by atoms with van der Waals surface area (Å²) in [6.45, 7) is 3.02. The van der Waals surface area contributed by atoms with E-state index >= 15 is 0 Å². The highest BCUT2D eigenvalue weighted by Crippen LogP contribution is 2.27. The highest BCUT2D eigenvalue weighted by atomic mass is 79.9. The van der Waals surface area contributed by atoms with Gasteiger partial charge in [0, 0.05) is 17.1 Å².